The molecule has 0 bridgehead atoms. The highest BCUT2D eigenvalue weighted by molar-refractivity contribution is 6.10. The van der Waals surface area contributed by atoms with Crippen LogP contribution in [-0.4, -0.2) is 9.13 Å². The van der Waals surface area contributed by atoms with Crippen molar-refractivity contribution in [1.82, 2.24) is 9.13 Å². The smallest absolute Gasteiger partial charge is 0.0541 e. The van der Waals surface area contributed by atoms with E-state index in [0.29, 0.717) is 0 Å². The van der Waals surface area contributed by atoms with E-state index in [4.69, 9.17) is 0 Å². The Morgan fingerprint density at radius 2 is 0.904 bits per heavy atom. The van der Waals surface area contributed by atoms with E-state index in [0.717, 1.165) is 12.1 Å². The number of fused-ring (bicyclic) bond motifs is 4. The maximum Gasteiger partial charge on any atom is 0.0541 e. The molecule has 9 aromatic rings. The van der Waals surface area contributed by atoms with Gasteiger partial charge in [-0.3, -0.25) is 0 Å². The summed E-state index contributed by atoms with van der Waals surface area (Å²) in [4.78, 5) is 0. The Labute approximate surface area is 306 Å². The standard InChI is InChI=1S/C48H36N2.C2H6/c1-3-41-43-31-37(24-28-47(43)49(45(41)4-2)39-18-9-6-10-19-39)38-25-29-48-44(32-38)42-20-11-12-21-46(42)50(48)40-26-22-34(23-27-40)36-17-13-16-35(30-36)33-14-7-5-8-15-33;1-2/h3,5-32H,1,4H2,2H3;1-2H3. The number of hydrogen-bond donors (Lipinski definition) is 0. The number of benzene rings is 7. The molecule has 252 valence electrons. The number of hydrogen-bond acceptors (Lipinski definition) is 0. The van der Waals surface area contributed by atoms with Crippen LogP contribution in [-0.2, 0) is 6.42 Å². The van der Waals surface area contributed by atoms with E-state index in [-0.39, 0.29) is 0 Å². The van der Waals surface area contributed by atoms with Crippen molar-refractivity contribution in [2.75, 3.05) is 0 Å². The highest BCUT2D eigenvalue weighted by Crippen LogP contribution is 2.38. The van der Waals surface area contributed by atoms with Crippen LogP contribution < -0.4 is 0 Å². The van der Waals surface area contributed by atoms with Crippen LogP contribution in [0, 0.1) is 0 Å². The van der Waals surface area contributed by atoms with Gasteiger partial charge in [0.05, 0.1) is 16.6 Å². The van der Waals surface area contributed by atoms with Gasteiger partial charge < -0.3 is 9.13 Å². The normalized spacial score (nSPS) is 11.1. The fourth-order valence-electron chi connectivity index (χ4n) is 7.74. The van der Waals surface area contributed by atoms with Crippen molar-refractivity contribution in [3.8, 4) is 44.8 Å². The monoisotopic (exact) mass is 670 g/mol. The van der Waals surface area contributed by atoms with E-state index < -0.39 is 0 Å². The third-order valence-corrected chi connectivity index (χ3v) is 10.1. The van der Waals surface area contributed by atoms with Gasteiger partial charge in [0, 0.05) is 38.8 Å². The molecule has 0 saturated heterocycles. The van der Waals surface area contributed by atoms with E-state index in [1.165, 1.54) is 83.0 Å². The molecule has 0 radical (unpaired) electrons. The molecular weight excluding hydrogens is 629 g/mol. The lowest BCUT2D eigenvalue weighted by atomic mass is 9.99. The van der Waals surface area contributed by atoms with Crippen LogP contribution in [0.4, 0.5) is 0 Å². The highest BCUT2D eigenvalue weighted by atomic mass is 15.0. The van der Waals surface area contributed by atoms with E-state index in [1.54, 1.807) is 0 Å². The molecule has 0 aliphatic rings. The topological polar surface area (TPSA) is 9.86 Å². The largest absolute Gasteiger partial charge is 0.313 e. The van der Waals surface area contributed by atoms with Gasteiger partial charge in [-0.05, 0) is 100 Å². The molecule has 2 heteroatoms. The van der Waals surface area contributed by atoms with Crippen LogP contribution in [0.15, 0.2) is 176 Å². The zero-order chi connectivity index (χ0) is 35.6. The van der Waals surface area contributed by atoms with E-state index in [9.17, 15) is 0 Å². The SMILES string of the molecule is C=Cc1c(CC)n(-c2ccccc2)c2ccc(-c3ccc4c(c3)c3ccccc3n4-c3ccc(-c4cccc(-c5ccccc5)c4)cc3)cc12.CC. The first-order chi connectivity index (χ1) is 25.7. The second kappa shape index (κ2) is 14.1. The minimum atomic E-state index is 0.923. The van der Waals surface area contributed by atoms with E-state index in [1.807, 2.05) is 19.9 Å². The fraction of sp³-hybridized carbons (Fsp3) is 0.0800. The average molecular weight is 671 g/mol. The van der Waals surface area contributed by atoms with Crippen LogP contribution >= 0.6 is 0 Å². The molecule has 7 aromatic carbocycles. The summed E-state index contributed by atoms with van der Waals surface area (Å²) in [5.74, 6) is 0. The Balaban J connectivity index is 0.00000190. The van der Waals surface area contributed by atoms with Gasteiger partial charge >= 0.3 is 0 Å². The highest BCUT2D eigenvalue weighted by Gasteiger charge is 2.18. The summed E-state index contributed by atoms with van der Waals surface area (Å²) >= 11 is 0. The predicted octanol–water partition coefficient (Wildman–Crippen LogP) is 14.0. The van der Waals surface area contributed by atoms with Crippen LogP contribution in [0.1, 0.15) is 32.0 Å². The maximum atomic E-state index is 4.23. The van der Waals surface area contributed by atoms with Crippen LogP contribution in [0.3, 0.4) is 0 Å². The molecular formula is C50H42N2. The summed E-state index contributed by atoms with van der Waals surface area (Å²) in [6.45, 7) is 10.5. The summed E-state index contributed by atoms with van der Waals surface area (Å²) in [5, 5.41) is 3.73. The Hall–Kier alpha value is -6.38. The first kappa shape index (κ1) is 32.8. The van der Waals surface area contributed by atoms with Crippen molar-refractivity contribution in [1.29, 1.82) is 0 Å². The zero-order valence-corrected chi connectivity index (χ0v) is 30.1. The van der Waals surface area contributed by atoms with E-state index >= 15 is 0 Å². The molecule has 0 aliphatic carbocycles. The molecule has 52 heavy (non-hydrogen) atoms. The minimum absolute atomic E-state index is 0.923. The summed E-state index contributed by atoms with van der Waals surface area (Å²) in [5.41, 5.74) is 15.7. The first-order valence-corrected chi connectivity index (χ1v) is 18.4. The minimum Gasteiger partial charge on any atom is -0.313 e. The lowest BCUT2D eigenvalue weighted by Gasteiger charge is -2.11. The lowest BCUT2D eigenvalue weighted by molar-refractivity contribution is 0.957. The van der Waals surface area contributed by atoms with Gasteiger partial charge in [-0.25, -0.2) is 0 Å². The van der Waals surface area contributed by atoms with Crippen molar-refractivity contribution in [2.24, 2.45) is 0 Å². The van der Waals surface area contributed by atoms with Crippen molar-refractivity contribution >= 4 is 38.8 Å². The van der Waals surface area contributed by atoms with Gasteiger partial charge in [0.25, 0.3) is 0 Å². The average Bonchev–Trinajstić information content (AvgIpc) is 3.74. The van der Waals surface area contributed by atoms with Crippen molar-refractivity contribution in [3.63, 3.8) is 0 Å². The van der Waals surface area contributed by atoms with Crippen molar-refractivity contribution in [2.45, 2.75) is 27.2 Å². The molecule has 0 unspecified atom stereocenters. The van der Waals surface area contributed by atoms with Gasteiger partial charge in [0.15, 0.2) is 0 Å². The Morgan fingerprint density at radius 3 is 1.56 bits per heavy atom. The molecule has 2 aromatic heterocycles. The van der Waals surface area contributed by atoms with Gasteiger partial charge in [-0.1, -0.05) is 143 Å². The number of rotatable bonds is 7. The number of para-hydroxylation sites is 2. The van der Waals surface area contributed by atoms with Gasteiger partial charge in [0.1, 0.15) is 0 Å². The maximum absolute atomic E-state index is 4.23. The molecule has 2 nitrogen and oxygen atoms in total. The second-order valence-corrected chi connectivity index (χ2v) is 12.9. The summed E-state index contributed by atoms with van der Waals surface area (Å²) in [6, 6.07) is 61.5. The molecule has 9 rings (SSSR count). The second-order valence-electron chi connectivity index (χ2n) is 12.9. The molecule has 0 fully saturated rings. The summed E-state index contributed by atoms with van der Waals surface area (Å²) < 4.78 is 4.78. The Bertz CT molecular complexity index is 2670. The molecule has 2 heterocycles. The number of nitrogens with zero attached hydrogens (tertiary/aromatic N) is 2. The molecule has 0 amide bonds. The first-order valence-electron chi connectivity index (χ1n) is 18.4. The summed E-state index contributed by atoms with van der Waals surface area (Å²) in [7, 11) is 0. The van der Waals surface area contributed by atoms with Crippen molar-refractivity contribution in [3.05, 3.63) is 188 Å². The zero-order valence-electron chi connectivity index (χ0n) is 30.1. The molecule has 0 atom stereocenters. The Morgan fingerprint density at radius 1 is 0.423 bits per heavy atom. The van der Waals surface area contributed by atoms with E-state index in [2.05, 4.69) is 192 Å². The Kier molecular flexibility index (Phi) is 8.89. The molecule has 0 aliphatic heterocycles. The van der Waals surface area contributed by atoms with Crippen LogP contribution in [0.25, 0.3) is 83.5 Å². The third-order valence-electron chi connectivity index (χ3n) is 10.1. The predicted molar refractivity (Wildman–Crippen MR) is 225 cm³/mol. The summed E-state index contributed by atoms with van der Waals surface area (Å²) in [6.07, 6.45) is 2.94. The van der Waals surface area contributed by atoms with Crippen LogP contribution in [0.5, 0.6) is 0 Å². The van der Waals surface area contributed by atoms with Crippen LogP contribution in [0.2, 0.25) is 0 Å². The molecule has 0 saturated carbocycles. The van der Waals surface area contributed by atoms with Crippen molar-refractivity contribution < 1.29 is 0 Å². The third kappa shape index (κ3) is 5.63. The molecule has 0 spiro atoms. The van der Waals surface area contributed by atoms with Gasteiger partial charge in [-0.2, -0.15) is 0 Å². The molecule has 0 N–H and O–H groups in total. The lowest BCUT2D eigenvalue weighted by Crippen LogP contribution is -1.99. The number of aromatic nitrogens is 2. The fourth-order valence-corrected chi connectivity index (χ4v) is 7.74. The van der Waals surface area contributed by atoms with Gasteiger partial charge in [0.2, 0.25) is 0 Å². The van der Waals surface area contributed by atoms with Gasteiger partial charge in [-0.15, -0.1) is 0 Å². The quantitative estimate of drug-likeness (QED) is 0.160.